The van der Waals surface area contributed by atoms with Gasteiger partial charge in [-0.05, 0) is 23.6 Å². The van der Waals surface area contributed by atoms with Gasteiger partial charge in [-0.1, -0.05) is 48.5 Å². The van der Waals surface area contributed by atoms with Crippen molar-refractivity contribution in [2.45, 2.75) is 21.9 Å². The number of hydrogen-bond acceptors (Lipinski definition) is 2. The van der Waals surface area contributed by atoms with E-state index in [4.69, 9.17) is 11.6 Å². The lowest BCUT2D eigenvalue weighted by molar-refractivity contribution is 0.653. The summed E-state index contributed by atoms with van der Waals surface area (Å²) < 4.78 is 0. The van der Waals surface area contributed by atoms with Crippen LogP contribution in [0.15, 0.2) is 59.5 Å². The van der Waals surface area contributed by atoms with E-state index in [2.05, 4.69) is 41.7 Å². The highest BCUT2D eigenvalue weighted by Crippen LogP contribution is 2.36. The lowest BCUT2D eigenvalue weighted by atomic mass is 10.1. The van der Waals surface area contributed by atoms with Crippen LogP contribution in [0.3, 0.4) is 0 Å². The third-order valence-electron chi connectivity index (χ3n) is 3.57. The number of hydrogen-bond donors (Lipinski definition) is 1. The van der Waals surface area contributed by atoms with Crippen LogP contribution in [0.4, 0.5) is 0 Å². The molecule has 0 aromatic heterocycles. The number of alkyl halides is 1. The molecular formula is C17H18ClNS. The van der Waals surface area contributed by atoms with Crippen molar-refractivity contribution < 1.29 is 0 Å². The first-order valence-electron chi connectivity index (χ1n) is 6.97. The van der Waals surface area contributed by atoms with E-state index in [0.717, 1.165) is 19.5 Å². The molecule has 0 saturated carbocycles. The Morgan fingerprint density at radius 3 is 2.65 bits per heavy atom. The van der Waals surface area contributed by atoms with Crippen molar-refractivity contribution in [1.82, 2.24) is 5.32 Å². The molecule has 2 unspecified atom stereocenters. The average molecular weight is 304 g/mol. The molecule has 0 spiro atoms. The van der Waals surface area contributed by atoms with Gasteiger partial charge in [0.25, 0.3) is 0 Å². The Morgan fingerprint density at radius 2 is 1.85 bits per heavy atom. The van der Waals surface area contributed by atoms with Gasteiger partial charge in [-0.3, -0.25) is 0 Å². The zero-order chi connectivity index (χ0) is 13.8. The molecule has 0 fully saturated rings. The summed E-state index contributed by atoms with van der Waals surface area (Å²) in [6, 6.07) is 18.9. The molecule has 0 saturated heterocycles. The van der Waals surface area contributed by atoms with Gasteiger partial charge in [-0.15, -0.1) is 23.4 Å². The van der Waals surface area contributed by atoms with Crippen LogP contribution in [0.5, 0.6) is 0 Å². The zero-order valence-corrected chi connectivity index (χ0v) is 12.8. The number of benzene rings is 2. The van der Waals surface area contributed by atoms with Gasteiger partial charge in [-0.2, -0.15) is 0 Å². The van der Waals surface area contributed by atoms with Crippen molar-refractivity contribution in [3.8, 4) is 0 Å². The molecule has 20 heavy (non-hydrogen) atoms. The summed E-state index contributed by atoms with van der Waals surface area (Å²) in [6.07, 6.45) is 1.16. The molecule has 1 nitrogen and oxygen atoms in total. The van der Waals surface area contributed by atoms with Crippen LogP contribution in [0.2, 0.25) is 0 Å². The Labute approximate surface area is 129 Å². The summed E-state index contributed by atoms with van der Waals surface area (Å²) in [5.74, 6) is 0. The number of fused-ring (bicyclic) bond motifs is 1. The normalized spacial score (nSPS) is 18.8. The Bertz CT molecular complexity index is 533. The molecule has 0 radical (unpaired) electrons. The van der Waals surface area contributed by atoms with Crippen LogP contribution in [0.1, 0.15) is 16.5 Å². The summed E-state index contributed by atoms with van der Waals surface area (Å²) in [7, 11) is 0. The third kappa shape index (κ3) is 3.38. The van der Waals surface area contributed by atoms with Gasteiger partial charge in [-0.25, -0.2) is 0 Å². The fourth-order valence-corrected chi connectivity index (χ4v) is 4.06. The second-order valence-electron chi connectivity index (χ2n) is 5.09. The summed E-state index contributed by atoms with van der Waals surface area (Å²) in [6.45, 7) is 1.83. The first-order chi connectivity index (χ1) is 9.83. The molecule has 2 aromatic rings. The number of thioether (sulfide) groups is 1. The van der Waals surface area contributed by atoms with Crippen molar-refractivity contribution in [1.29, 1.82) is 0 Å². The number of rotatable bonds is 5. The fraction of sp³-hybridized carbons (Fsp3) is 0.294. The van der Waals surface area contributed by atoms with Crippen LogP contribution < -0.4 is 5.32 Å². The predicted molar refractivity (Wildman–Crippen MR) is 87.7 cm³/mol. The van der Waals surface area contributed by atoms with E-state index in [9.17, 15) is 0 Å². The lowest BCUT2D eigenvalue weighted by Gasteiger charge is -2.14. The lowest BCUT2D eigenvalue weighted by Crippen LogP contribution is -2.27. The van der Waals surface area contributed by atoms with Gasteiger partial charge in [0.05, 0.1) is 5.38 Å². The Balaban J connectivity index is 1.46. The molecule has 3 heteroatoms. The first kappa shape index (κ1) is 14.0. The summed E-state index contributed by atoms with van der Waals surface area (Å²) in [4.78, 5) is 1.43. The minimum absolute atomic E-state index is 0.0463. The smallest absolute Gasteiger partial charge is 0.0709 e. The van der Waals surface area contributed by atoms with Gasteiger partial charge < -0.3 is 5.32 Å². The minimum Gasteiger partial charge on any atom is -0.314 e. The van der Waals surface area contributed by atoms with Crippen LogP contribution in [-0.4, -0.2) is 18.3 Å². The molecule has 1 heterocycles. The van der Waals surface area contributed by atoms with E-state index < -0.39 is 0 Å². The maximum Gasteiger partial charge on any atom is 0.0709 e. The molecule has 0 amide bonds. The highest BCUT2D eigenvalue weighted by molar-refractivity contribution is 8.00. The molecule has 0 aliphatic carbocycles. The van der Waals surface area contributed by atoms with Gasteiger partial charge in [0.15, 0.2) is 0 Å². The Kier molecular flexibility index (Phi) is 4.66. The van der Waals surface area contributed by atoms with Crippen molar-refractivity contribution >= 4 is 23.4 Å². The van der Waals surface area contributed by atoms with Crippen molar-refractivity contribution in [3.63, 3.8) is 0 Å². The molecular weight excluding hydrogens is 286 g/mol. The van der Waals surface area contributed by atoms with E-state index in [1.807, 2.05) is 30.0 Å². The average Bonchev–Trinajstić information content (AvgIpc) is 2.90. The minimum atomic E-state index is 0.0463. The Morgan fingerprint density at radius 1 is 1.10 bits per heavy atom. The highest BCUT2D eigenvalue weighted by atomic mass is 35.5. The van der Waals surface area contributed by atoms with Crippen LogP contribution in [-0.2, 0) is 6.42 Å². The van der Waals surface area contributed by atoms with Crippen molar-refractivity contribution in [2.24, 2.45) is 0 Å². The van der Waals surface area contributed by atoms with E-state index in [0.29, 0.717) is 5.25 Å². The number of halogens is 1. The molecule has 1 aliphatic heterocycles. The van der Waals surface area contributed by atoms with E-state index in [-0.39, 0.29) is 5.38 Å². The third-order valence-corrected chi connectivity index (χ3v) is 5.30. The molecule has 104 valence electrons. The number of nitrogens with one attached hydrogen (secondary N) is 1. The summed E-state index contributed by atoms with van der Waals surface area (Å²) in [5, 5.41) is 4.19. The first-order valence-corrected chi connectivity index (χ1v) is 8.29. The van der Waals surface area contributed by atoms with Gasteiger partial charge in [0.2, 0.25) is 0 Å². The SMILES string of the molecule is ClC(CNCC1Cc2ccccc2S1)c1ccccc1. The summed E-state index contributed by atoms with van der Waals surface area (Å²) in [5.41, 5.74) is 2.67. The maximum absolute atomic E-state index is 6.41. The van der Waals surface area contributed by atoms with Gasteiger partial charge >= 0.3 is 0 Å². The van der Waals surface area contributed by atoms with Crippen LogP contribution >= 0.6 is 23.4 Å². The van der Waals surface area contributed by atoms with Crippen molar-refractivity contribution in [2.75, 3.05) is 13.1 Å². The molecule has 3 rings (SSSR count). The molecule has 2 aromatic carbocycles. The second-order valence-corrected chi connectivity index (χ2v) is 6.96. The molecule has 1 N–H and O–H groups in total. The van der Waals surface area contributed by atoms with E-state index in [1.165, 1.54) is 16.0 Å². The van der Waals surface area contributed by atoms with Gasteiger partial charge in [0, 0.05) is 23.2 Å². The quantitative estimate of drug-likeness (QED) is 0.828. The maximum atomic E-state index is 6.41. The molecule has 1 aliphatic rings. The monoisotopic (exact) mass is 303 g/mol. The van der Waals surface area contributed by atoms with Crippen LogP contribution in [0.25, 0.3) is 0 Å². The largest absolute Gasteiger partial charge is 0.314 e. The molecule has 2 atom stereocenters. The summed E-state index contributed by atoms with van der Waals surface area (Å²) >= 11 is 8.39. The van der Waals surface area contributed by atoms with Crippen LogP contribution in [0, 0.1) is 0 Å². The van der Waals surface area contributed by atoms with E-state index in [1.54, 1.807) is 0 Å². The van der Waals surface area contributed by atoms with Gasteiger partial charge in [0.1, 0.15) is 0 Å². The fourth-order valence-electron chi connectivity index (χ4n) is 2.52. The topological polar surface area (TPSA) is 12.0 Å². The Hall–Kier alpha value is -0.960. The molecule has 0 bridgehead atoms. The highest BCUT2D eigenvalue weighted by Gasteiger charge is 2.21. The second kappa shape index (κ2) is 6.66. The standard InChI is InChI=1S/C17H18ClNS/c18-16(13-6-2-1-3-7-13)12-19-11-15-10-14-8-4-5-9-17(14)20-15/h1-9,15-16,19H,10-12H2. The zero-order valence-electron chi connectivity index (χ0n) is 11.3. The van der Waals surface area contributed by atoms with Crippen molar-refractivity contribution in [3.05, 3.63) is 65.7 Å². The predicted octanol–water partition coefficient (Wildman–Crippen LogP) is 4.27. The van der Waals surface area contributed by atoms with E-state index >= 15 is 0 Å².